The molecule has 0 aliphatic heterocycles. The zero-order chi connectivity index (χ0) is 16.6. The number of halogens is 9. The SMILES string of the molecule is N#C[Se]c1c(C(F)(F)F)cc(C(F)(F)F)cc1C(F)(F)F. The Morgan fingerprint density at radius 2 is 1.14 bits per heavy atom. The second-order valence-corrected chi connectivity index (χ2v) is 5.25. The van der Waals surface area contributed by atoms with E-state index in [1.807, 2.05) is 0 Å². The summed E-state index contributed by atoms with van der Waals surface area (Å²) in [5.41, 5.74) is -6.25. The van der Waals surface area contributed by atoms with Gasteiger partial charge in [-0.15, -0.1) is 0 Å². The topological polar surface area (TPSA) is 23.8 Å². The Balaban J connectivity index is 3.80. The molecule has 0 spiro atoms. The first-order valence-electron chi connectivity index (χ1n) is 4.74. The van der Waals surface area contributed by atoms with Gasteiger partial charge >= 0.3 is 117 Å². The first-order valence-corrected chi connectivity index (χ1v) is 6.45. The number of rotatable bonds is 1. The summed E-state index contributed by atoms with van der Waals surface area (Å²) in [4.78, 5) is 1.15. The van der Waals surface area contributed by atoms with Gasteiger partial charge in [-0.05, 0) is 0 Å². The Bertz CT molecular complexity index is 541. The van der Waals surface area contributed by atoms with Crippen molar-refractivity contribution < 1.29 is 39.5 Å². The third-order valence-corrected chi connectivity index (χ3v) is 3.72. The number of benzene rings is 1. The maximum atomic E-state index is 12.7. The quantitative estimate of drug-likeness (QED) is 0.535. The number of hydrogen-bond acceptors (Lipinski definition) is 1. The van der Waals surface area contributed by atoms with E-state index < -0.39 is 66.8 Å². The molecular formula is C10H2F9NSe. The van der Waals surface area contributed by atoms with Crippen LogP contribution in [0.3, 0.4) is 0 Å². The van der Waals surface area contributed by atoms with E-state index in [9.17, 15) is 39.5 Å². The van der Waals surface area contributed by atoms with Crippen LogP contribution in [-0.4, -0.2) is 15.0 Å². The molecule has 0 atom stereocenters. The summed E-state index contributed by atoms with van der Waals surface area (Å²) in [5, 5.41) is 8.35. The van der Waals surface area contributed by atoms with Gasteiger partial charge in [0.25, 0.3) is 0 Å². The predicted molar refractivity (Wildman–Crippen MR) is 52.4 cm³/mol. The van der Waals surface area contributed by atoms with E-state index >= 15 is 0 Å². The van der Waals surface area contributed by atoms with E-state index in [-0.39, 0.29) is 0 Å². The van der Waals surface area contributed by atoms with E-state index in [1.165, 1.54) is 0 Å². The van der Waals surface area contributed by atoms with Crippen molar-refractivity contribution in [2.45, 2.75) is 18.5 Å². The molecule has 0 amide bonds. The van der Waals surface area contributed by atoms with Gasteiger partial charge in [0.05, 0.1) is 0 Å². The molecule has 1 rings (SSSR count). The first kappa shape index (κ1) is 17.7. The van der Waals surface area contributed by atoms with E-state index in [2.05, 4.69) is 0 Å². The molecule has 0 unspecified atom stereocenters. The minimum absolute atomic E-state index is 0.413. The van der Waals surface area contributed by atoms with Gasteiger partial charge in [0.15, 0.2) is 0 Å². The number of alkyl halides is 9. The molecule has 0 heterocycles. The average Bonchev–Trinajstić information content (AvgIpc) is 2.24. The molecule has 0 fully saturated rings. The Morgan fingerprint density at radius 1 is 0.762 bits per heavy atom. The summed E-state index contributed by atoms with van der Waals surface area (Å²) in [7, 11) is 0. The van der Waals surface area contributed by atoms with Gasteiger partial charge in [-0.2, -0.15) is 0 Å². The molecule has 0 saturated carbocycles. The molecule has 1 nitrogen and oxygen atoms in total. The van der Waals surface area contributed by atoms with Crippen LogP contribution in [0.5, 0.6) is 0 Å². The van der Waals surface area contributed by atoms with Gasteiger partial charge in [-0.25, -0.2) is 0 Å². The average molecular weight is 386 g/mol. The van der Waals surface area contributed by atoms with Gasteiger partial charge in [0, 0.05) is 0 Å². The van der Waals surface area contributed by atoms with Gasteiger partial charge in [-0.3, -0.25) is 0 Å². The summed E-state index contributed by atoms with van der Waals surface area (Å²) in [6, 6.07) is -0.826. The van der Waals surface area contributed by atoms with Crippen LogP contribution in [0.25, 0.3) is 0 Å². The zero-order valence-corrected chi connectivity index (χ0v) is 11.1. The van der Waals surface area contributed by atoms with Gasteiger partial charge in [-0.1, -0.05) is 0 Å². The van der Waals surface area contributed by atoms with E-state index in [0.29, 0.717) is 0 Å². The van der Waals surface area contributed by atoms with Crippen LogP contribution in [0, 0.1) is 10.2 Å². The molecule has 0 N–H and O–H groups in total. The Hall–Kier alpha value is -1.40. The molecule has 1 aromatic rings. The molecule has 0 radical (unpaired) electrons. The van der Waals surface area contributed by atoms with Gasteiger partial charge < -0.3 is 0 Å². The van der Waals surface area contributed by atoms with Crippen LogP contribution in [0.1, 0.15) is 16.7 Å². The number of nitrogens with zero attached hydrogens (tertiary/aromatic N) is 1. The monoisotopic (exact) mass is 387 g/mol. The third kappa shape index (κ3) is 4.04. The second-order valence-electron chi connectivity index (χ2n) is 3.59. The van der Waals surface area contributed by atoms with Crippen LogP contribution in [0.4, 0.5) is 39.5 Å². The summed E-state index contributed by atoms with van der Waals surface area (Å²) in [5.74, 6) is 0. The van der Waals surface area contributed by atoms with E-state index in [0.717, 1.165) is 4.97 Å². The van der Waals surface area contributed by atoms with Crippen LogP contribution in [0.15, 0.2) is 12.1 Å². The first-order chi connectivity index (χ1) is 9.28. The molecule has 0 aliphatic rings. The van der Waals surface area contributed by atoms with Crippen molar-refractivity contribution in [1.29, 1.82) is 5.26 Å². The standard InChI is InChI=1S/C10H2F9NSe/c11-8(12,13)4-1-5(9(14,15)16)7(21-3-20)6(2-4)10(17,18)19/h1-2H. The van der Waals surface area contributed by atoms with Crippen LogP contribution >= 0.6 is 0 Å². The molecule has 21 heavy (non-hydrogen) atoms. The summed E-state index contributed by atoms with van der Waals surface area (Å²) >= 11 is -1.93. The molecule has 116 valence electrons. The van der Waals surface area contributed by atoms with Crippen molar-refractivity contribution in [2.75, 3.05) is 0 Å². The molecule has 0 aliphatic carbocycles. The van der Waals surface area contributed by atoms with Crippen molar-refractivity contribution in [2.24, 2.45) is 0 Å². The Morgan fingerprint density at radius 3 is 1.38 bits per heavy atom. The molecule has 11 heteroatoms. The molecule has 0 saturated heterocycles. The van der Waals surface area contributed by atoms with Crippen LogP contribution in [0.2, 0.25) is 0 Å². The number of hydrogen-bond donors (Lipinski definition) is 0. The molecule has 1 aromatic carbocycles. The van der Waals surface area contributed by atoms with Gasteiger partial charge in [0.1, 0.15) is 0 Å². The zero-order valence-electron chi connectivity index (χ0n) is 9.41. The summed E-state index contributed by atoms with van der Waals surface area (Å²) in [6.45, 7) is 0. The second kappa shape index (κ2) is 5.42. The molecular weight excluding hydrogens is 384 g/mol. The third-order valence-electron chi connectivity index (χ3n) is 2.17. The fourth-order valence-corrected chi connectivity index (χ4v) is 2.76. The van der Waals surface area contributed by atoms with E-state index in [1.54, 1.807) is 0 Å². The van der Waals surface area contributed by atoms with Crippen molar-refractivity contribution in [3.05, 3.63) is 28.8 Å². The van der Waals surface area contributed by atoms with Crippen molar-refractivity contribution in [3.8, 4) is 4.97 Å². The van der Waals surface area contributed by atoms with Crippen LogP contribution in [-0.2, 0) is 18.5 Å². The normalized spacial score (nSPS) is 13.1. The predicted octanol–water partition coefficient (Wildman–Crippen LogP) is 3.55. The molecule has 0 bridgehead atoms. The minimum atomic E-state index is -5.44. The van der Waals surface area contributed by atoms with Crippen molar-refractivity contribution in [3.63, 3.8) is 0 Å². The van der Waals surface area contributed by atoms with Crippen molar-refractivity contribution >= 4 is 19.4 Å². The van der Waals surface area contributed by atoms with E-state index in [4.69, 9.17) is 5.26 Å². The van der Waals surface area contributed by atoms with Crippen molar-refractivity contribution in [1.82, 2.24) is 0 Å². The summed E-state index contributed by atoms with van der Waals surface area (Å²) in [6.07, 6.45) is -16.2. The summed E-state index contributed by atoms with van der Waals surface area (Å²) < 4.78 is 112. The Kier molecular flexibility index (Phi) is 4.56. The number of nitriles is 1. The van der Waals surface area contributed by atoms with Gasteiger partial charge in [0.2, 0.25) is 0 Å². The Labute approximate surface area is 117 Å². The fourth-order valence-electron chi connectivity index (χ4n) is 1.37. The fraction of sp³-hybridized carbons (Fsp3) is 0.300. The van der Waals surface area contributed by atoms with Crippen LogP contribution < -0.4 is 4.46 Å². The maximum absolute atomic E-state index is 12.7. The molecule has 0 aromatic heterocycles.